The molecule has 1 fully saturated rings. The van der Waals surface area contributed by atoms with Crippen LogP contribution in [0.15, 0.2) is 53.1 Å². The van der Waals surface area contributed by atoms with E-state index in [0.29, 0.717) is 28.9 Å². The Morgan fingerprint density at radius 1 is 1.14 bits per heavy atom. The average molecular weight is 391 g/mol. The van der Waals surface area contributed by atoms with Gasteiger partial charge in [-0.1, -0.05) is 54.0 Å². The number of carbonyl (C=O) groups excluding carboxylic acids is 1. The maximum absolute atomic E-state index is 12.5. The fraction of sp³-hybridized carbons (Fsp3) is 0.348. The third kappa shape index (κ3) is 4.47. The minimum Gasteiger partial charge on any atom is -0.483 e. The second-order valence-corrected chi connectivity index (χ2v) is 7.64. The summed E-state index contributed by atoms with van der Waals surface area (Å²) >= 11 is 0. The minimum atomic E-state index is 0.00432. The quantitative estimate of drug-likeness (QED) is 0.647. The first-order valence-electron chi connectivity index (χ1n) is 10.0. The molecule has 3 aromatic rings. The minimum absolute atomic E-state index is 0.00432. The second-order valence-electron chi connectivity index (χ2n) is 7.64. The van der Waals surface area contributed by atoms with Crippen LogP contribution >= 0.6 is 0 Å². The van der Waals surface area contributed by atoms with E-state index in [1.165, 1.54) is 5.56 Å². The Hall–Kier alpha value is -3.15. The molecule has 4 rings (SSSR count). The second kappa shape index (κ2) is 8.47. The van der Waals surface area contributed by atoms with Crippen LogP contribution in [0, 0.1) is 12.8 Å². The monoisotopic (exact) mass is 391 g/mol. The lowest BCUT2D eigenvalue weighted by atomic mass is 9.99. The summed E-state index contributed by atoms with van der Waals surface area (Å²) < 4.78 is 11.3. The van der Waals surface area contributed by atoms with E-state index >= 15 is 0 Å². The van der Waals surface area contributed by atoms with Crippen molar-refractivity contribution < 1.29 is 14.1 Å². The lowest BCUT2D eigenvalue weighted by molar-refractivity contribution is -0.134. The summed E-state index contributed by atoms with van der Waals surface area (Å²) in [5.41, 5.74) is 2.74. The normalized spacial score (nSPS) is 14.8. The predicted molar refractivity (Wildman–Crippen MR) is 110 cm³/mol. The summed E-state index contributed by atoms with van der Waals surface area (Å²) in [7, 11) is 0. The predicted octanol–water partition coefficient (Wildman–Crippen LogP) is 4.35. The molecule has 2 heterocycles. The van der Waals surface area contributed by atoms with Crippen LogP contribution in [0.4, 0.5) is 0 Å². The number of piperidine rings is 1. The summed E-state index contributed by atoms with van der Waals surface area (Å²) in [6, 6.07) is 15.4. The molecule has 0 spiro atoms. The van der Waals surface area contributed by atoms with Gasteiger partial charge in [-0.3, -0.25) is 4.79 Å². The molecular formula is C23H25N3O3. The zero-order chi connectivity index (χ0) is 20.2. The number of likely N-dealkylation sites (tertiary alicyclic amines) is 1. The maximum Gasteiger partial charge on any atom is 0.262 e. The largest absolute Gasteiger partial charge is 0.483 e. The Bertz CT molecular complexity index is 973. The molecule has 2 aromatic carbocycles. The molecule has 0 saturated carbocycles. The first-order valence-corrected chi connectivity index (χ1v) is 10.0. The lowest BCUT2D eigenvalue weighted by Gasteiger charge is -2.30. The van der Waals surface area contributed by atoms with E-state index in [1.807, 2.05) is 60.4 Å². The Kier molecular flexibility index (Phi) is 5.60. The van der Waals surface area contributed by atoms with Crippen LogP contribution < -0.4 is 4.74 Å². The van der Waals surface area contributed by atoms with E-state index in [0.717, 1.165) is 31.5 Å². The van der Waals surface area contributed by atoms with Gasteiger partial charge in [0, 0.05) is 18.7 Å². The molecule has 6 nitrogen and oxygen atoms in total. The topological polar surface area (TPSA) is 68.5 Å². The number of carbonyl (C=O) groups is 1. The summed E-state index contributed by atoms with van der Waals surface area (Å²) in [6.07, 6.45) is 2.10. The molecule has 0 radical (unpaired) electrons. The lowest BCUT2D eigenvalue weighted by Crippen LogP contribution is -2.40. The van der Waals surface area contributed by atoms with Crippen LogP contribution in [0.5, 0.6) is 5.75 Å². The first-order chi connectivity index (χ1) is 14.1. The van der Waals surface area contributed by atoms with E-state index in [-0.39, 0.29) is 12.5 Å². The average Bonchev–Trinajstić information content (AvgIpc) is 3.23. The van der Waals surface area contributed by atoms with Gasteiger partial charge in [0.2, 0.25) is 5.82 Å². The van der Waals surface area contributed by atoms with E-state index in [1.54, 1.807) is 0 Å². The number of aryl methyl sites for hydroxylation is 1. The van der Waals surface area contributed by atoms with Crippen molar-refractivity contribution in [3.05, 3.63) is 54.1 Å². The van der Waals surface area contributed by atoms with Crippen LogP contribution in [0.1, 0.15) is 25.3 Å². The van der Waals surface area contributed by atoms with Gasteiger partial charge in [-0.15, -0.1) is 0 Å². The summed E-state index contributed by atoms with van der Waals surface area (Å²) in [4.78, 5) is 18.9. The van der Waals surface area contributed by atoms with Gasteiger partial charge in [0.05, 0.1) is 5.56 Å². The smallest absolute Gasteiger partial charge is 0.262 e. The molecule has 1 aliphatic heterocycles. The number of ether oxygens (including phenoxy) is 1. The zero-order valence-electron chi connectivity index (χ0n) is 16.8. The zero-order valence-corrected chi connectivity index (χ0v) is 16.8. The number of hydrogen-bond donors (Lipinski definition) is 0. The van der Waals surface area contributed by atoms with Crippen molar-refractivity contribution in [1.82, 2.24) is 15.0 Å². The van der Waals surface area contributed by atoms with Crippen molar-refractivity contribution in [2.45, 2.75) is 26.7 Å². The van der Waals surface area contributed by atoms with Gasteiger partial charge < -0.3 is 14.2 Å². The highest BCUT2D eigenvalue weighted by atomic mass is 16.5. The molecule has 0 atom stereocenters. The molecule has 1 aliphatic rings. The molecule has 0 aliphatic carbocycles. The van der Waals surface area contributed by atoms with Gasteiger partial charge in [0.1, 0.15) is 5.75 Å². The van der Waals surface area contributed by atoms with Crippen molar-refractivity contribution in [3.8, 4) is 28.6 Å². The Balaban J connectivity index is 1.47. The first kappa shape index (κ1) is 19.2. The fourth-order valence-corrected chi connectivity index (χ4v) is 3.41. The molecule has 1 aromatic heterocycles. The molecule has 29 heavy (non-hydrogen) atoms. The van der Waals surface area contributed by atoms with Gasteiger partial charge in [0.25, 0.3) is 11.8 Å². The third-order valence-electron chi connectivity index (χ3n) is 5.34. The summed E-state index contributed by atoms with van der Waals surface area (Å²) in [5, 5.41) is 4.09. The highest BCUT2D eigenvalue weighted by Gasteiger charge is 2.21. The highest BCUT2D eigenvalue weighted by molar-refractivity contribution is 5.78. The number of benzene rings is 2. The molecule has 0 unspecified atom stereocenters. The van der Waals surface area contributed by atoms with Gasteiger partial charge in [0.15, 0.2) is 6.61 Å². The standard InChI is InChI=1S/C23H25N3O3/c1-16-7-9-18(10-8-16)22-24-23(29-25-22)19-5-3-4-6-20(19)28-15-21(27)26-13-11-17(2)12-14-26/h3-10,17H,11-15H2,1-2H3. The van der Waals surface area contributed by atoms with Crippen molar-refractivity contribution in [1.29, 1.82) is 0 Å². The van der Waals surface area contributed by atoms with Gasteiger partial charge in [-0.2, -0.15) is 4.98 Å². The molecular weight excluding hydrogens is 366 g/mol. The van der Waals surface area contributed by atoms with Crippen LogP contribution in [-0.4, -0.2) is 40.6 Å². The van der Waals surface area contributed by atoms with Crippen LogP contribution in [0.2, 0.25) is 0 Å². The number of para-hydroxylation sites is 1. The molecule has 0 N–H and O–H groups in total. The van der Waals surface area contributed by atoms with Crippen molar-refractivity contribution in [3.63, 3.8) is 0 Å². The number of amides is 1. The molecule has 1 saturated heterocycles. The van der Waals surface area contributed by atoms with Crippen LogP contribution in [-0.2, 0) is 4.79 Å². The van der Waals surface area contributed by atoms with Gasteiger partial charge >= 0.3 is 0 Å². The number of nitrogens with zero attached hydrogens (tertiary/aromatic N) is 3. The molecule has 0 bridgehead atoms. The summed E-state index contributed by atoms with van der Waals surface area (Å²) in [6.45, 7) is 5.86. The van der Waals surface area contributed by atoms with Crippen molar-refractivity contribution in [2.75, 3.05) is 19.7 Å². The highest BCUT2D eigenvalue weighted by Crippen LogP contribution is 2.30. The number of hydrogen-bond acceptors (Lipinski definition) is 5. The van der Waals surface area contributed by atoms with Gasteiger partial charge in [-0.25, -0.2) is 0 Å². The van der Waals surface area contributed by atoms with Crippen LogP contribution in [0.25, 0.3) is 22.8 Å². The molecule has 150 valence electrons. The van der Waals surface area contributed by atoms with E-state index in [4.69, 9.17) is 9.26 Å². The number of aromatic nitrogens is 2. The van der Waals surface area contributed by atoms with Crippen molar-refractivity contribution in [2.24, 2.45) is 5.92 Å². The van der Waals surface area contributed by atoms with E-state index < -0.39 is 0 Å². The van der Waals surface area contributed by atoms with Crippen LogP contribution in [0.3, 0.4) is 0 Å². The molecule has 1 amide bonds. The van der Waals surface area contributed by atoms with Gasteiger partial charge in [-0.05, 0) is 37.8 Å². The Morgan fingerprint density at radius 2 is 1.86 bits per heavy atom. The third-order valence-corrected chi connectivity index (χ3v) is 5.34. The SMILES string of the molecule is Cc1ccc(-c2noc(-c3ccccc3OCC(=O)N3CCC(C)CC3)n2)cc1. The van der Waals surface area contributed by atoms with Crippen molar-refractivity contribution >= 4 is 5.91 Å². The maximum atomic E-state index is 12.5. The van der Waals surface area contributed by atoms with E-state index in [2.05, 4.69) is 17.1 Å². The number of rotatable bonds is 5. The molecule has 6 heteroatoms. The summed E-state index contributed by atoms with van der Waals surface area (Å²) in [5.74, 6) is 2.15. The Morgan fingerprint density at radius 3 is 2.62 bits per heavy atom. The van der Waals surface area contributed by atoms with E-state index in [9.17, 15) is 4.79 Å². The fourth-order valence-electron chi connectivity index (χ4n) is 3.41. The Labute approximate surface area is 170 Å².